The molecule has 0 saturated heterocycles. The lowest BCUT2D eigenvalue weighted by Crippen LogP contribution is -2.29. The normalized spacial score (nSPS) is 11.9. The van der Waals surface area contributed by atoms with Gasteiger partial charge in [-0.1, -0.05) is 66.5 Å². The van der Waals surface area contributed by atoms with Gasteiger partial charge < -0.3 is 4.74 Å². The summed E-state index contributed by atoms with van der Waals surface area (Å²) in [5.41, 5.74) is 3.32. The number of ether oxygens (including phenoxy) is 1. The van der Waals surface area contributed by atoms with Gasteiger partial charge in [-0.25, -0.2) is 4.98 Å². The second-order valence-corrected chi connectivity index (χ2v) is 9.97. The minimum absolute atomic E-state index is 0.194. The Kier molecular flexibility index (Phi) is 6.47. The van der Waals surface area contributed by atoms with E-state index in [4.69, 9.17) is 9.72 Å². The molecule has 0 saturated carbocycles. The van der Waals surface area contributed by atoms with Crippen LogP contribution in [0.1, 0.15) is 43.3 Å². The largest absolute Gasteiger partial charge is 0.489 e. The van der Waals surface area contributed by atoms with Gasteiger partial charge in [-0.3, -0.25) is 4.79 Å². The maximum absolute atomic E-state index is 13.2. The maximum atomic E-state index is 13.2. The van der Waals surface area contributed by atoms with E-state index in [2.05, 4.69) is 52.2 Å². The molecule has 1 aromatic heterocycles. The first-order valence-corrected chi connectivity index (χ1v) is 11.6. The van der Waals surface area contributed by atoms with Crippen molar-refractivity contribution in [1.29, 1.82) is 0 Å². The molecule has 0 atom stereocenters. The summed E-state index contributed by atoms with van der Waals surface area (Å²) in [5.74, 6) is 1.38. The second-order valence-electron chi connectivity index (χ2n) is 9.05. The molecular weight excluding hydrogens is 478 g/mol. The zero-order chi connectivity index (χ0) is 23.6. The summed E-state index contributed by atoms with van der Waals surface area (Å²) >= 11 is 3.44. The molecule has 0 radical (unpaired) electrons. The molecule has 4 rings (SSSR count). The second kappa shape index (κ2) is 9.32. The van der Waals surface area contributed by atoms with Crippen LogP contribution in [0.3, 0.4) is 0 Å². The van der Waals surface area contributed by atoms with Gasteiger partial charge in [0, 0.05) is 9.89 Å². The molecule has 5 nitrogen and oxygen atoms in total. The number of aryl methyl sites for hydroxylation is 1. The Balaban J connectivity index is 1.59. The van der Waals surface area contributed by atoms with Crippen LogP contribution in [-0.2, 0) is 12.0 Å². The molecule has 0 fully saturated rings. The fourth-order valence-electron chi connectivity index (χ4n) is 3.37. The maximum Gasteiger partial charge on any atom is 0.282 e. The number of aromatic nitrogens is 2. The third-order valence-electron chi connectivity index (χ3n) is 5.21. The minimum atomic E-state index is -0.356. The molecule has 168 valence electrons. The number of hydrogen-bond donors (Lipinski definition) is 0. The number of hydrogen-bond acceptors (Lipinski definition) is 4. The quantitative estimate of drug-likeness (QED) is 0.303. The van der Waals surface area contributed by atoms with Crippen molar-refractivity contribution < 1.29 is 4.74 Å². The molecule has 4 aromatic rings. The number of rotatable bonds is 5. The molecule has 0 N–H and O–H groups in total. The molecule has 3 aromatic carbocycles. The van der Waals surface area contributed by atoms with E-state index in [9.17, 15) is 4.79 Å². The van der Waals surface area contributed by atoms with Gasteiger partial charge in [-0.05, 0) is 60.5 Å². The van der Waals surface area contributed by atoms with E-state index in [1.165, 1.54) is 10.2 Å². The Bertz CT molecular complexity index is 1370. The fourth-order valence-corrected chi connectivity index (χ4v) is 3.73. The predicted octanol–water partition coefficient (Wildman–Crippen LogP) is 6.23. The minimum Gasteiger partial charge on any atom is -0.489 e. The molecule has 0 aliphatic heterocycles. The summed E-state index contributed by atoms with van der Waals surface area (Å²) in [6, 6.07) is 21.4. The van der Waals surface area contributed by atoms with Crippen LogP contribution in [-0.4, -0.2) is 15.9 Å². The first kappa shape index (κ1) is 22.9. The molecule has 0 spiro atoms. The van der Waals surface area contributed by atoms with E-state index in [0.717, 1.165) is 21.3 Å². The first-order chi connectivity index (χ1) is 15.7. The van der Waals surface area contributed by atoms with Crippen molar-refractivity contribution in [3.63, 3.8) is 0 Å². The lowest BCUT2D eigenvalue weighted by molar-refractivity contribution is 0.306. The third kappa shape index (κ3) is 5.40. The van der Waals surface area contributed by atoms with Gasteiger partial charge in [0.1, 0.15) is 18.2 Å². The molecule has 0 aliphatic carbocycles. The van der Waals surface area contributed by atoms with Crippen LogP contribution in [0.2, 0.25) is 0 Å². The van der Waals surface area contributed by atoms with Crippen LogP contribution in [0.4, 0.5) is 0 Å². The Labute approximate surface area is 201 Å². The average Bonchev–Trinajstić information content (AvgIpc) is 2.78. The third-order valence-corrected chi connectivity index (χ3v) is 5.70. The van der Waals surface area contributed by atoms with Crippen molar-refractivity contribution >= 4 is 33.0 Å². The van der Waals surface area contributed by atoms with Gasteiger partial charge in [0.2, 0.25) is 0 Å². The van der Waals surface area contributed by atoms with Crippen molar-refractivity contribution in [2.75, 3.05) is 0 Å². The van der Waals surface area contributed by atoms with Gasteiger partial charge in [-0.2, -0.15) is 9.78 Å². The van der Waals surface area contributed by atoms with Crippen molar-refractivity contribution in [2.45, 2.75) is 39.7 Å². The summed E-state index contributed by atoms with van der Waals surface area (Å²) in [5, 5.41) is 5.04. The van der Waals surface area contributed by atoms with Crippen LogP contribution in [0.25, 0.3) is 10.9 Å². The van der Waals surface area contributed by atoms with Crippen LogP contribution in [0.5, 0.6) is 5.75 Å². The molecule has 6 heteroatoms. The van der Waals surface area contributed by atoms with E-state index >= 15 is 0 Å². The van der Waals surface area contributed by atoms with Gasteiger partial charge in [0.25, 0.3) is 5.56 Å². The monoisotopic (exact) mass is 503 g/mol. The summed E-state index contributed by atoms with van der Waals surface area (Å²) in [4.78, 5) is 18.0. The van der Waals surface area contributed by atoms with Crippen LogP contribution in [0.15, 0.2) is 81.1 Å². The van der Waals surface area contributed by atoms with E-state index in [0.29, 0.717) is 23.3 Å². The van der Waals surface area contributed by atoms with E-state index in [1.54, 1.807) is 12.3 Å². The highest BCUT2D eigenvalue weighted by Crippen LogP contribution is 2.23. The van der Waals surface area contributed by atoms with Gasteiger partial charge in [0.05, 0.1) is 17.1 Å². The standard InChI is InChI=1S/C27H26BrN3O2/c1-18-5-7-20(8-6-18)17-33-22-12-9-19(10-13-22)16-29-31-25(32)23-15-21(28)11-14-24(23)30-26(31)27(2,3)4/h5-16H,17H2,1-4H3. The summed E-state index contributed by atoms with van der Waals surface area (Å²) < 4.78 is 8.11. The predicted molar refractivity (Wildman–Crippen MR) is 137 cm³/mol. The smallest absolute Gasteiger partial charge is 0.282 e. The molecular formula is C27H26BrN3O2. The van der Waals surface area contributed by atoms with Crippen LogP contribution >= 0.6 is 15.9 Å². The summed E-state index contributed by atoms with van der Waals surface area (Å²) in [7, 11) is 0. The van der Waals surface area contributed by atoms with Gasteiger partial charge >= 0.3 is 0 Å². The van der Waals surface area contributed by atoms with Crippen molar-refractivity contribution in [1.82, 2.24) is 9.66 Å². The summed E-state index contributed by atoms with van der Waals surface area (Å²) in [6.07, 6.45) is 1.67. The lowest BCUT2D eigenvalue weighted by Gasteiger charge is -2.20. The average molecular weight is 504 g/mol. The number of benzene rings is 3. The number of nitrogens with zero attached hydrogens (tertiary/aromatic N) is 3. The van der Waals surface area contributed by atoms with E-state index in [1.807, 2.05) is 57.2 Å². The molecule has 0 amide bonds. The highest BCUT2D eigenvalue weighted by atomic mass is 79.9. The van der Waals surface area contributed by atoms with E-state index in [-0.39, 0.29) is 11.0 Å². The lowest BCUT2D eigenvalue weighted by atomic mass is 9.95. The Morgan fingerprint density at radius 3 is 2.39 bits per heavy atom. The SMILES string of the molecule is Cc1ccc(COc2ccc(C=Nn3c(C(C)(C)C)nc4ccc(Br)cc4c3=O)cc2)cc1. The Morgan fingerprint density at radius 1 is 1.03 bits per heavy atom. The molecule has 0 bridgehead atoms. The summed E-state index contributed by atoms with van der Waals surface area (Å²) in [6.45, 7) is 8.63. The Hall–Kier alpha value is -3.25. The number of fused-ring (bicyclic) bond motifs is 1. The van der Waals surface area contributed by atoms with Crippen molar-refractivity contribution in [3.05, 3.63) is 104 Å². The molecule has 33 heavy (non-hydrogen) atoms. The van der Waals surface area contributed by atoms with Crippen molar-refractivity contribution in [2.24, 2.45) is 5.10 Å². The zero-order valence-corrected chi connectivity index (χ0v) is 20.8. The first-order valence-electron chi connectivity index (χ1n) is 10.8. The molecule has 0 unspecified atom stereocenters. The van der Waals surface area contributed by atoms with Crippen LogP contribution < -0.4 is 10.3 Å². The highest BCUT2D eigenvalue weighted by molar-refractivity contribution is 9.10. The fraction of sp³-hybridized carbons (Fsp3) is 0.222. The zero-order valence-electron chi connectivity index (χ0n) is 19.2. The Morgan fingerprint density at radius 2 is 1.73 bits per heavy atom. The topological polar surface area (TPSA) is 56.5 Å². The number of halogens is 1. The molecule has 1 heterocycles. The molecule has 0 aliphatic rings. The van der Waals surface area contributed by atoms with Gasteiger partial charge in [-0.15, -0.1) is 0 Å². The van der Waals surface area contributed by atoms with Gasteiger partial charge in [0.15, 0.2) is 0 Å². The van der Waals surface area contributed by atoms with E-state index < -0.39 is 0 Å². The van der Waals surface area contributed by atoms with Crippen molar-refractivity contribution in [3.8, 4) is 5.75 Å². The highest BCUT2D eigenvalue weighted by Gasteiger charge is 2.22. The van der Waals surface area contributed by atoms with Crippen LogP contribution in [0, 0.1) is 6.92 Å².